The van der Waals surface area contributed by atoms with Crippen molar-refractivity contribution >= 4 is 17.6 Å². The summed E-state index contributed by atoms with van der Waals surface area (Å²) < 4.78 is 4.32. The second kappa shape index (κ2) is 4.48. The van der Waals surface area contributed by atoms with Crippen LogP contribution in [0.4, 0.5) is 0 Å². The lowest BCUT2D eigenvalue weighted by Gasteiger charge is -2.09. The molecule has 0 aliphatic carbocycles. The third-order valence-electron chi connectivity index (χ3n) is 1.45. The van der Waals surface area contributed by atoms with Crippen molar-refractivity contribution in [3.8, 4) is 0 Å². The van der Waals surface area contributed by atoms with E-state index in [1.54, 1.807) is 6.92 Å². The smallest absolute Gasteiger partial charge is 0.324 e. The maximum atomic E-state index is 10.9. The lowest BCUT2D eigenvalue weighted by atomic mass is 10.0. The van der Waals surface area contributed by atoms with Gasteiger partial charge in [-0.3, -0.25) is 9.59 Å². The number of carbonyl (C=O) groups excluding carboxylic acids is 2. The SMILES string of the molecule is CCC(=N)C(C(N)=O)C(=O)OC. The lowest BCUT2D eigenvalue weighted by molar-refractivity contribution is -0.146. The van der Waals surface area contributed by atoms with Gasteiger partial charge in [-0.25, -0.2) is 0 Å². The summed E-state index contributed by atoms with van der Waals surface area (Å²) in [5, 5.41) is 7.26. The van der Waals surface area contributed by atoms with Crippen LogP contribution in [0, 0.1) is 11.3 Å². The molecule has 0 saturated carbocycles. The second-order valence-electron chi connectivity index (χ2n) is 2.24. The number of esters is 1. The number of carbonyl (C=O) groups is 2. The monoisotopic (exact) mass is 172 g/mol. The van der Waals surface area contributed by atoms with Crippen molar-refractivity contribution in [3.05, 3.63) is 0 Å². The molecular formula is C7H12N2O3. The third-order valence-corrected chi connectivity index (χ3v) is 1.45. The molecule has 68 valence electrons. The second-order valence-corrected chi connectivity index (χ2v) is 2.24. The van der Waals surface area contributed by atoms with Gasteiger partial charge < -0.3 is 15.9 Å². The Hall–Kier alpha value is -1.39. The molecule has 0 fully saturated rings. The van der Waals surface area contributed by atoms with Gasteiger partial charge in [0.05, 0.1) is 7.11 Å². The lowest BCUT2D eigenvalue weighted by Crippen LogP contribution is -2.36. The van der Waals surface area contributed by atoms with E-state index >= 15 is 0 Å². The van der Waals surface area contributed by atoms with Gasteiger partial charge in [-0.1, -0.05) is 6.92 Å². The fourth-order valence-corrected chi connectivity index (χ4v) is 0.752. The Morgan fingerprint density at radius 2 is 2.08 bits per heavy atom. The van der Waals surface area contributed by atoms with Crippen LogP contribution in [0.15, 0.2) is 0 Å². The highest BCUT2D eigenvalue weighted by Crippen LogP contribution is 2.03. The van der Waals surface area contributed by atoms with E-state index in [-0.39, 0.29) is 5.71 Å². The first kappa shape index (κ1) is 10.6. The van der Waals surface area contributed by atoms with Crippen molar-refractivity contribution in [1.29, 1.82) is 5.41 Å². The van der Waals surface area contributed by atoms with E-state index in [0.717, 1.165) is 7.11 Å². The summed E-state index contributed by atoms with van der Waals surface area (Å²) in [5.74, 6) is -2.83. The molecule has 0 rings (SSSR count). The number of methoxy groups -OCH3 is 1. The van der Waals surface area contributed by atoms with Gasteiger partial charge >= 0.3 is 5.97 Å². The van der Waals surface area contributed by atoms with Crippen molar-refractivity contribution in [2.24, 2.45) is 11.7 Å². The Morgan fingerprint density at radius 3 is 2.33 bits per heavy atom. The number of rotatable bonds is 4. The summed E-state index contributed by atoms with van der Waals surface area (Å²) in [5.41, 5.74) is 4.89. The molecule has 0 saturated heterocycles. The fraction of sp³-hybridized carbons (Fsp3) is 0.571. The van der Waals surface area contributed by atoms with Gasteiger partial charge in [-0.05, 0) is 6.42 Å². The average molecular weight is 172 g/mol. The molecule has 0 aromatic rings. The van der Waals surface area contributed by atoms with E-state index in [9.17, 15) is 9.59 Å². The van der Waals surface area contributed by atoms with Gasteiger partial charge in [0.15, 0.2) is 5.92 Å². The first-order valence-corrected chi connectivity index (χ1v) is 3.49. The predicted octanol–water partition coefficient (Wildman–Crippen LogP) is -0.309. The number of nitrogens with two attached hydrogens (primary N) is 1. The minimum absolute atomic E-state index is 0.0191. The third kappa shape index (κ3) is 2.34. The van der Waals surface area contributed by atoms with E-state index in [1.807, 2.05) is 0 Å². The zero-order chi connectivity index (χ0) is 9.72. The van der Waals surface area contributed by atoms with Crippen LogP contribution >= 0.6 is 0 Å². The van der Waals surface area contributed by atoms with Gasteiger partial charge in [-0.15, -0.1) is 0 Å². The molecule has 0 spiro atoms. The molecule has 3 N–H and O–H groups in total. The van der Waals surface area contributed by atoms with E-state index in [0.29, 0.717) is 6.42 Å². The highest BCUT2D eigenvalue weighted by atomic mass is 16.5. The zero-order valence-electron chi connectivity index (χ0n) is 7.09. The van der Waals surface area contributed by atoms with Crippen LogP contribution in [0.3, 0.4) is 0 Å². The quantitative estimate of drug-likeness (QED) is 0.346. The number of amides is 1. The van der Waals surface area contributed by atoms with Gasteiger partial charge in [0.25, 0.3) is 0 Å². The van der Waals surface area contributed by atoms with E-state index in [1.165, 1.54) is 0 Å². The molecule has 0 aliphatic rings. The van der Waals surface area contributed by atoms with Crippen molar-refractivity contribution in [1.82, 2.24) is 0 Å². The summed E-state index contributed by atoms with van der Waals surface area (Å²) in [7, 11) is 1.15. The largest absolute Gasteiger partial charge is 0.468 e. The highest BCUT2D eigenvalue weighted by Gasteiger charge is 2.28. The van der Waals surface area contributed by atoms with Crippen LogP contribution < -0.4 is 5.73 Å². The minimum atomic E-state index is -1.22. The van der Waals surface area contributed by atoms with Gasteiger partial charge in [-0.2, -0.15) is 0 Å². The van der Waals surface area contributed by atoms with Crippen molar-refractivity contribution in [3.63, 3.8) is 0 Å². The zero-order valence-corrected chi connectivity index (χ0v) is 7.09. The molecule has 12 heavy (non-hydrogen) atoms. The topological polar surface area (TPSA) is 93.2 Å². The average Bonchev–Trinajstić information content (AvgIpc) is 2.03. The molecular weight excluding hydrogens is 160 g/mol. The van der Waals surface area contributed by atoms with Crippen LogP contribution in [0.1, 0.15) is 13.3 Å². The van der Waals surface area contributed by atoms with Crippen molar-refractivity contribution < 1.29 is 14.3 Å². The molecule has 0 radical (unpaired) electrons. The molecule has 0 bridgehead atoms. The van der Waals surface area contributed by atoms with Crippen molar-refractivity contribution in [2.45, 2.75) is 13.3 Å². The van der Waals surface area contributed by atoms with Crippen LogP contribution in [-0.4, -0.2) is 24.7 Å². The van der Waals surface area contributed by atoms with E-state index in [4.69, 9.17) is 11.1 Å². The molecule has 0 aliphatic heterocycles. The first-order valence-electron chi connectivity index (χ1n) is 3.49. The number of nitrogens with one attached hydrogen (secondary N) is 1. The Labute approximate surface area is 70.4 Å². The van der Waals surface area contributed by atoms with Gasteiger partial charge in [0, 0.05) is 5.71 Å². The highest BCUT2D eigenvalue weighted by molar-refractivity contribution is 6.16. The van der Waals surface area contributed by atoms with Gasteiger partial charge in [0.1, 0.15) is 0 Å². The Bertz CT molecular complexity index is 197. The molecule has 0 aromatic carbocycles. The maximum Gasteiger partial charge on any atom is 0.324 e. The van der Waals surface area contributed by atoms with Crippen LogP contribution in [0.5, 0.6) is 0 Å². The summed E-state index contributed by atoms with van der Waals surface area (Å²) >= 11 is 0. The van der Waals surface area contributed by atoms with Crippen LogP contribution in [0.2, 0.25) is 0 Å². The Kier molecular flexibility index (Phi) is 3.96. The first-order chi connectivity index (χ1) is 5.54. The summed E-state index contributed by atoms with van der Waals surface area (Å²) in [4.78, 5) is 21.6. The molecule has 1 amide bonds. The normalized spacial score (nSPS) is 11.8. The fourth-order valence-electron chi connectivity index (χ4n) is 0.752. The number of primary amides is 1. The molecule has 1 atom stereocenters. The molecule has 5 nitrogen and oxygen atoms in total. The Balaban J connectivity index is 4.55. The molecule has 1 unspecified atom stereocenters. The number of ether oxygens (including phenoxy) is 1. The van der Waals surface area contributed by atoms with Crippen molar-refractivity contribution in [2.75, 3.05) is 7.11 Å². The summed E-state index contributed by atoms with van der Waals surface area (Å²) in [6, 6.07) is 0. The molecule has 0 aromatic heterocycles. The summed E-state index contributed by atoms with van der Waals surface area (Å²) in [6.45, 7) is 1.67. The predicted molar refractivity (Wildman–Crippen MR) is 42.7 cm³/mol. The van der Waals surface area contributed by atoms with Crippen LogP contribution in [0.25, 0.3) is 0 Å². The van der Waals surface area contributed by atoms with E-state index < -0.39 is 17.8 Å². The van der Waals surface area contributed by atoms with E-state index in [2.05, 4.69) is 4.74 Å². The minimum Gasteiger partial charge on any atom is -0.468 e. The number of hydrogen-bond acceptors (Lipinski definition) is 4. The standard InChI is InChI=1S/C7H12N2O3/c1-3-4(8)5(6(9)10)7(11)12-2/h5,8H,3H2,1-2H3,(H2,9,10). The summed E-state index contributed by atoms with van der Waals surface area (Å²) in [6.07, 6.45) is 0.308. The van der Waals surface area contributed by atoms with Gasteiger partial charge in [0.2, 0.25) is 5.91 Å². The molecule has 5 heteroatoms. The number of hydrogen-bond donors (Lipinski definition) is 2. The molecule has 0 heterocycles. The maximum absolute atomic E-state index is 10.9. The Morgan fingerprint density at radius 1 is 1.58 bits per heavy atom. The van der Waals surface area contributed by atoms with Crippen LogP contribution in [-0.2, 0) is 14.3 Å².